The van der Waals surface area contributed by atoms with E-state index >= 15 is 0 Å². The van der Waals surface area contributed by atoms with Crippen LogP contribution in [0.2, 0.25) is 0 Å². The van der Waals surface area contributed by atoms with Crippen LogP contribution >= 0.6 is 23.5 Å². The van der Waals surface area contributed by atoms with Crippen LogP contribution in [0, 0.1) is 5.92 Å². The van der Waals surface area contributed by atoms with Crippen molar-refractivity contribution in [2.24, 2.45) is 11.1 Å². The van der Waals surface area contributed by atoms with Gasteiger partial charge in [0.25, 0.3) is 0 Å². The molecule has 2 rings (SSSR count). The fourth-order valence-electron chi connectivity index (χ4n) is 2.27. The topological polar surface area (TPSA) is 141 Å². The van der Waals surface area contributed by atoms with Crippen LogP contribution in [0.5, 0.6) is 0 Å². The molecule has 0 spiro atoms. The molecule has 12 heteroatoms. The number of carbonyl (C=O) groups excluding carboxylic acids is 2. The number of rotatable bonds is 8. The van der Waals surface area contributed by atoms with Crippen molar-refractivity contribution in [2.45, 2.75) is 18.2 Å². The number of aliphatic carboxylic acids is 1. The summed E-state index contributed by atoms with van der Waals surface area (Å²) in [7, 11) is -3.54. The SMILES string of the molecule is NS(=O)(=O)CCCSC1=C(C(=O)[O-])N2C(=O)[C@H](CCO)[C@H]2S1.[Na+]. The number of carbonyl (C=O) groups is 2. The Morgan fingerprint density at radius 1 is 1.48 bits per heavy atom. The Hall–Kier alpha value is 0.250. The van der Waals surface area contributed by atoms with Crippen molar-refractivity contribution in [1.29, 1.82) is 0 Å². The molecule has 2 aliphatic heterocycles. The van der Waals surface area contributed by atoms with Crippen LogP contribution in [0.15, 0.2) is 9.93 Å². The number of nitrogens with zero attached hydrogens (tertiary/aromatic N) is 1. The monoisotopic (exact) mass is 390 g/mol. The molecule has 1 saturated heterocycles. The normalized spacial score (nSPS) is 23.4. The van der Waals surface area contributed by atoms with Gasteiger partial charge in [0.05, 0.1) is 32.9 Å². The van der Waals surface area contributed by atoms with Gasteiger partial charge in [-0.1, -0.05) is 11.8 Å². The van der Waals surface area contributed by atoms with Gasteiger partial charge in [0, 0.05) is 6.61 Å². The summed E-state index contributed by atoms with van der Waals surface area (Å²) in [5.74, 6) is -1.97. The van der Waals surface area contributed by atoms with Gasteiger partial charge in [0.15, 0.2) is 0 Å². The number of aliphatic hydroxyl groups is 1. The van der Waals surface area contributed by atoms with Crippen molar-refractivity contribution in [3.63, 3.8) is 0 Å². The standard InChI is InChI=1S/C11H16N2O6S3.Na/c12-22(18,19)5-1-4-20-11-7(10(16)17)13-8(15)6(2-3-14)9(13)21-11;/h6,9,14H,1-5H2,(H,16,17)(H2,12,18,19);/q;+1/p-1/t6-,9+;/m0./s1. The number of primary sulfonamides is 1. The maximum atomic E-state index is 11.9. The smallest absolute Gasteiger partial charge is 0.543 e. The van der Waals surface area contributed by atoms with Gasteiger partial charge in [-0.2, -0.15) is 0 Å². The summed E-state index contributed by atoms with van der Waals surface area (Å²) in [6.07, 6.45) is 0.573. The molecule has 2 heterocycles. The molecule has 0 unspecified atom stereocenters. The Morgan fingerprint density at radius 3 is 2.65 bits per heavy atom. The molecule has 1 amide bonds. The molecule has 23 heavy (non-hydrogen) atoms. The number of carboxylic acids is 1. The quantitative estimate of drug-likeness (QED) is 0.239. The number of fused-ring (bicyclic) bond motifs is 1. The maximum absolute atomic E-state index is 11.9. The minimum atomic E-state index is -3.54. The summed E-state index contributed by atoms with van der Waals surface area (Å²) in [6.45, 7) is -0.140. The number of hydrogen-bond acceptors (Lipinski definition) is 8. The van der Waals surface area contributed by atoms with Gasteiger partial charge in [0.2, 0.25) is 15.9 Å². The molecule has 1 fully saturated rings. The summed E-state index contributed by atoms with van der Waals surface area (Å²) >= 11 is 2.42. The van der Waals surface area contributed by atoms with Gasteiger partial charge in [-0.15, -0.1) is 11.8 Å². The van der Waals surface area contributed by atoms with Crippen molar-refractivity contribution in [3.8, 4) is 0 Å². The fourth-order valence-corrected chi connectivity index (χ4v) is 5.86. The van der Waals surface area contributed by atoms with E-state index in [2.05, 4.69) is 0 Å². The molecular formula is C11H15N2NaO6S3. The number of β-lactam (4-membered cyclic amide) rings is 1. The van der Waals surface area contributed by atoms with Gasteiger partial charge >= 0.3 is 29.6 Å². The Morgan fingerprint density at radius 2 is 2.13 bits per heavy atom. The van der Waals surface area contributed by atoms with Gasteiger partial charge in [-0.25, -0.2) is 13.6 Å². The van der Waals surface area contributed by atoms with Crippen LogP contribution in [0.3, 0.4) is 0 Å². The molecular weight excluding hydrogens is 375 g/mol. The van der Waals surface area contributed by atoms with Gasteiger partial charge < -0.3 is 15.0 Å². The molecule has 3 N–H and O–H groups in total. The van der Waals surface area contributed by atoms with E-state index in [1.807, 2.05) is 0 Å². The number of sulfonamides is 1. The third-order valence-electron chi connectivity index (χ3n) is 3.26. The molecule has 8 nitrogen and oxygen atoms in total. The fraction of sp³-hybridized carbons (Fsp3) is 0.636. The largest absolute Gasteiger partial charge is 1.00 e. The van der Waals surface area contributed by atoms with E-state index in [-0.39, 0.29) is 71.7 Å². The number of hydrogen-bond donors (Lipinski definition) is 2. The van der Waals surface area contributed by atoms with E-state index in [0.717, 1.165) is 0 Å². The zero-order valence-electron chi connectivity index (χ0n) is 12.4. The Kier molecular flexibility index (Phi) is 7.93. The van der Waals surface area contributed by atoms with Crippen LogP contribution in [0.4, 0.5) is 0 Å². The number of aliphatic hydroxyl groups excluding tert-OH is 1. The molecule has 0 aromatic heterocycles. The summed E-state index contributed by atoms with van der Waals surface area (Å²) in [5.41, 5.74) is -0.158. The molecule has 0 aliphatic carbocycles. The van der Waals surface area contributed by atoms with Crippen molar-refractivity contribution >= 4 is 45.4 Å². The molecule has 2 atom stereocenters. The van der Waals surface area contributed by atoms with Crippen LogP contribution in [0.1, 0.15) is 12.8 Å². The predicted octanol–water partition coefficient (Wildman–Crippen LogP) is -4.77. The van der Waals surface area contributed by atoms with Crippen molar-refractivity contribution in [2.75, 3.05) is 18.1 Å². The van der Waals surface area contributed by atoms with Crippen LogP contribution in [-0.4, -0.2) is 53.8 Å². The minimum Gasteiger partial charge on any atom is -0.543 e. The van der Waals surface area contributed by atoms with Crippen molar-refractivity contribution < 1.29 is 57.8 Å². The van der Waals surface area contributed by atoms with Crippen molar-refractivity contribution in [3.05, 3.63) is 9.93 Å². The minimum absolute atomic E-state index is 0. The van der Waals surface area contributed by atoms with E-state index in [1.54, 1.807) is 0 Å². The molecule has 124 valence electrons. The summed E-state index contributed by atoms with van der Waals surface area (Å²) < 4.78 is 22.1. The number of thioether (sulfide) groups is 2. The predicted molar refractivity (Wildman–Crippen MR) is 80.5 cm³/mol. The Balaban J connectivity index is 0.00000264. The Labute approximate surface area is 164 Å². The second-order valence-corrected chi connectivity index (χ2v) is 9.05. The molecule has 0 aromatic carbocycles. The summed E-state index contributed by atoms with van der Waals surface area (Å²) in [4.78, 5) is 24.4. The molecule has 0 saturated carbocycles. The molecule has 2 aliphatic rings. The summed E-state index contributed by atoms with van der Waals surface area (Å²) in [5, 5.41) is 24.8. The van der Waals surface area contributed by atoms with E-state index in [1.165, 1.54) is 28.4 Å². The number of carboxylic acid groups (broad SMARTS) is 1. The van der Waals surface area contributed by atoms with Crippen LogP contribution in [0.25, 0.3) is 0 Å². The Bertz CT molecular complexity index is 623. The first-order valence-electron chi connectivity index (χ1n) is 6.45. The first kappa shape index (κ1) is 21.3. The first-order chi connectivity index (χ1) is 10.3. The van der Waals surface area contributed by atoms with E-state index in [4.69, 9.17) is 10.2 Å². The third kappa shape index (κ3) is 4.88. The van der Waals surface area contributed by atoms with Gasteiger partial charge in [-0.3, -0.25) is 9.69 Å². The molecule has 0 aromatic rings. The first-order valence-corrected chi connectivity index (χ1v) is 10.0. The average molecular weight is 390 g/mol. The average Bonchev–Trinajstić information content (AvgIpc) is 2.75. The summed E-state index contributed by atoms with van der Waals surface area (Å²) in [6, 6.07) is 0. The van der Waals surface area contributed by atoms with E-state index in [9.17, 15) is 23.1 Å². The maximum Gasteiger partial charge on any atom is 1.00 e. The molecule has 0 radical (unpaired) electrons. The van der Waals surface area contributed by atoms with Gasteiger partial charge in [0.1, 0.15) is 0 Å². The second kappa shape index (κ2) is 8.56. The van der Waals surface area contributed by atoms with Crippen molar-refractivity contribution in [1.82, 2.24) is 4.90 Å². The van der Waals surface area contributed by atoms with E-state index < -0.39 is 21.9 Å². The van der Waals surface area contributed by atoms with Crippen LogP contribution < -0.4 is 39.8 Å². The second-order valence-electron chi connectivity index (χ2n) is 4.83. The number of amides is 1. The zero-order chi connectivity index (χ0) is 16.5. The molecule has 0 bridgehead atoms. The third-order valence-corrected chi connectivity index (χ3v) is 6.89. The number of nitrogens with two attached hydrogens (primary N) is 1. The zero-order valence-corrected chi connectivity index (χ0v) is 16.9. The van der Waals surface area contributed by atoms with Gasteiger partial charge in [-0.05, 0) is 18.6 Å². The van der Waals surface area contributed by atoms with E-state index in [0.29, 0.717) is 9.99 Å². The van der Waals surface area contributed by atoms with Crippen LogP contribution in [-0.2, 0) is 19.6 Å².